The molecule has 2 heteroatoms. The standard InChI is InChI=1S/C10H16O2/c1-4-7-8-9(5-2)10(11)12-6-3/h6,8H,3-5,7H2,1-2H3. The van der Waals surface area contributed by atoms with E-state index in [9.17, 15) is 4.79 Å². The van der Waals surface area contributed by atoms with E-state index in [1.807, 2.05) is 13.0 Å². The molecule has 0 aromatic carbocycles. The summed E-state index contributed by atoms with van der Waals surface area (Å²) in [6.45, 7) is 7.34. The average molecular weight is 168 g/mol. The van der Waals surface area contributed by atoms with Gasteiger partial charge in [-0.15, -0.1) is 0 Å². The summed E-state index contributed by atoms with van der Waals surface area (Å²) in [5, 5.41) is 0. The van der Waals surface area contributed by atoms with Crippen LogP contribution in [0, 0.1) is 0 Å². The second kappa shape index (κ2) is 6.65. The molecule has 0 heterocycles. The molecule has 0 N–H and O–H groups in total. The number of allylic oxidation sites excluding steroid dienone is 1. The van der Waals surface area contributed by atoms with Crippen molar-refractivity contribution in [3.8, 4) is 0 Å². The lowest BCUT2D eigenvalue weighted by atomic mass is 10.1. The largest absolute Gasteiger partial charge is 0.432 e. The molecule has 68 valence electrons. The van der Waals surface area contributed by atoms with Crippen LogP contribution in [0.2, 0.25) is 0 Å². The van der Waals surface area contributed by atoms with Crippen LogP contribution in [0.5, 0.6) is 0 Å². The lowest BCUT2D eigenvalue weighted by Gasteiger charge is -2.00. The summed E-state index contributed by atoms with van der Waals surface area (Å²) >= 11 is 0. The Hall–Kier alpha value is -1.05. The lowest BCUT2D eigenvalue weighted by Crippen LogP contribution is -2.02. The third kappa shape index (κ3) is 3.96. The van der Waals surface area contributed by atoms with Crippen LogP contribution in [0.15, 0.2) is 24.5 Å². The highest BCUT2D eigenvalue weighted by molar-refractivity contribution is 5.88. The van der Waals surface area contributed by atoms with E-state index in [-0.39, 0.29) is 5.97 Å². The van der Waals surface area contributed by atoms with Crippen LogP contribution in [0.4, 0.5) is 0 Å². The lowest BCUT2D eigenvalue weighted by molar-refractivity contribution is -0.133. The van der Waals surface area contributed by atoms with E-state index >= 15 is 0 Å². The highest BCUT2D eigenvalue weighted by Crippen LogP contribution is 2.06. The molecule has 0 aromatic heterocycles. The van der Waals surface area contributed by atoms with Gasteiger partial charge in [0, 0.05) is 5.57 Å². The fraction of sp³-hybridized carbons (Fsp3) is 0.500. The molecular weight excluding hydrogens is 152 g/mol. The third-order valence-electron chi connectivity index (χ3n) is 1.51. The minimum atomic E-state index is -0.277. The van der Waals surface area contributed by atoms with Crippen LogP contribution in [0.25, 0.3) is 0 Å². The molecule has 0 aromatic rings. The van der Waals surface area contributed by atoms with E-state index in [1.165, 1.54) is 0 Å². The Kier molecular flexibility index (Phi) is 6.07. The van der Waals surface area contributed by atoms with E-state index in [4.69, 9.17) is 0 Å². The number of carbonyl (C=O) groups is 1. The van der Waals surface area contributed by atoms with Crippen molar-refractivity contribution in [2.75, 3.05) is 0 Å². The molecule has 0 fully saturated rings. The van der Waals surface area contributed by atoms with E-state index in [1.54, 1.807) is 0 Å². The first-order valence-corrected chi connectivity index (χ1v) is 4.27. The number of unbranched alkanes of at least 4 members (excludes halogenated alkanes) is 1. The SMILES string of the molecule is C=COC(=O)C(=CCCC)CC. The maximum atomic E-state index is 11.1. The Morgan fingerprint density at radius 2 is 2.17 bits per heavy atom. The first kappa shape index (κ1) is 11.0. The Morgan fingerprint density at radius 1 is 1.50 bits per heavy atom. The molecular formula is C10H16O2. The number of ether oxygens (including phenoxy) is 1. The van der Waals surface area contributed by atoms with Crippen molar-refractivity contribution in [1.82, 2.24) is 0 Å². The maximum absolute atomic E-state index is 11.1. The summed E-state index contributed by atoms with van der Waals surface area (Å²) in [5.74, 6) is -0.277. The van der Waals surface area contributed by atoms with Gasteiger partial charge in [0.1, 0.15) is 0 Å². The number of carbonyl (C=O) groups excluding carboxylic acids is 1. The zero-order chi connectivity index (χ0) is 9.40. The minimum Gasteiger partial charge on any atom is -0.432 e. The Labute approximate surface area is 73.9 Å². The van der Waals surface area contributed by atoms with Gasteiger partial charge in [0.05, 0.1) is 6.26 Å². The van der Waals surface area contributed by atoms with Gasteiger partial charge >= 0.3 is 5.97 Å². The molecule has 0 aliphatic heterocycles. The van der Waals surface area contributed by atoms with Gasteiger partial charge in [0.2, 0.25) is 0 Å². The van der Waals surface area contributed by atoms with Gasteiger partial charge < -0.3 is 4.74 Å². The van der Waals surface area contributed by atoms with Crippen molar-refractivity contribution < 1.29 is 9.53 Å². The molecule has 0 atom stereocenters. The molecule has 2 nitrogen and oxygen atoms in total. The van der Waals surface area contributed by atoms with E-state index < -0.39 is 0 Å². The molecule has 0 unspecified atom stereocenters. The second-order valence-electron chi connectivity index (χ2n) is 2.44. The van der Waals surface area contributed by atoms with Crippen LogP contribution in [-0.4, -0.2) is 5.97 Å². The summed E-state index contributed by atoms with van der Waals surface area (Å²) < 4.78 is 4.65. The number of rotatable bonds is 5. The summed E-state index contributed by atoms with van der Waals surface area (Å²) in [6.07, 6.45) is 5.77. The van der Waals surface area contributed by atoms with Crippen LogP contribution in [0.3, 0.4) is 0 Å². The fourth-order valence-electron chi connectivity index (χ4n) is 0.842. The van der Waals surface area contributed by atoms with Gasteiger partial charge in [-0.1, -0.05) is 32.9 Å². The van der Waals surface area contributed by atoms with Gasteiger partial charge in [-0.2, -0.15) is 0 Å². The zero-order valence-corrected chi connectivity index (χ0v) is 7.80. The van der Waals surface area contributed by atoms with Gasteiger partial charge in [-0.3, -0.25) is 0 Å². The Morgan fingerprint density at radius 3 is 2.58 bits per heavy atom. The summed E-state index contributed by atoms with van der Waals surface area (Å²) in [4.78, 5) is 11.1. The molecule has 0 saturated carbocycles. The highest BCUT2D eigenvalue weighted by atomic mass is 16.5. The third-order valence-corrected chi connectivity index (χ3v) is 1.51. The van der Waals surface area contributed by atoms with Crippen molar-refractivity contribution in [3.05, 3.63) is 24.5 Å². The maximum Gasteiger partial charge on any atom is 0.338 e. The first-order valence-electron chi connectivity index (χ1n) is 4.27. The van der Waals surface area contributed by atoms with E-state index in [0.717, 1.165) is 24.7 Å². The zero-order valence-electron chi connectivity index (χ0n) is 7.80. The Balaban J connectivity index is 4.12. The Bertz CT molecular complexity index is 180. The smallest absolute Gasteiger partial charge is 0.338 e. The molecule has 0 rings (SSSR count). The highest BCUT2D eigenvalue weighted by Gasteiger charge is 2.05. The first-order chi connectivity index (χ1) is 5.76. The van der Waals surface area contributed by atoms with Crippen molar-refractivity contribution >= 4 is 5.97 Å². The molecule has 0 aliphatic carbocycles. The number of hydrogen-bond acceptors (Lipinski definition) is 2. The van der Waals surface area contributed by atoms with Crippen molar-refractivity contribution in [3.63, 3.8) is 0 Å². The molecule has 12 heavy (non-hydrogen) atoms. The summed E-state index contributed by atoms with van der Waals surface area (Å²) in [6, 6.07) is 0. The van der Waals surface area contributed by atoms with Gasteiger partial charge in [0.15, 0.2) is 0 Å². The fourth-order valence-corrected chi connectivity index (χ4v) is 0.842. The number of hydrogen-bond donors (Lipinski definition) is 0. The molecule has 0 amide bonds. The summed E-state index contributed by atoms with van der Waals surface area (Å²) in [7, 11) is 0. The average Bonchev–Trinajstić information content (AvgIpc) is 2.06. The normalized spacial score (nSPS) is 11.0. The van der Waals surface area contributed by atoms with Gasteiger partial charge in [-0.25, -0.2) is 4.79 Å². The molecule has 0 saturated heterocycles. The predicted molar refractivity (Wildman–Crippen MR) is 49.6 cm³/mol. The van der Waals surface area contributed by atoms with Crippen LogP contribution in [0.1, 0.15) is 33.1 Å². The topological polar surface area (TPSA) is 26.3 Å². The predicted octanol–water partition coefficient (Wildman–Crippen LogP) is 2.81. The van der Waals surface area contributed by atoms with Crippen molar-refractivity contribution in [2.24, 2.45) is 0 Å². The minimum absolute atomic E-state index is 0.277. The van der Waals surface area contributed by atoms with Crippen molar-refractivity contribution in [2.45, 2.75) is 33.1 Å². The molecule has 0 spiro atoms. The van der Waals surface area contributed by atoms with E-state index in [0.29, 0.717) is 6.42 Å². The van der Waals surface area contributed by atoms with Crippen LogP contribution < -0.4 is 0 Å². The molecule has 0 bridgehead atoms. The monoisotopic (exact) mass is 168 g/mol. The molecule has 0 aliphatic rings. The summed E-state index contributed by atoms with van der Waals surface area (Å²) in [5.41, 5.74) is 0.733. The van der Waals surface area contributed by atoms with Crippen LogP contribution in [-0.2, 0) is 9.53 Å². The van der Waals surface area contributed by atoms with Crippen molar-refractivity contribution in [1.29, 1.82) is 0 Å². The van der Waals surface area contributed by atoms with Crippen LogP contribution >= 0.6 is 0 Å². The number of esters is 1. The molecule has 0 radical (unpaired) electrons. The van der Waals surface area contributed by atoms with Gasteiger partial charge in [-0.05, 0) is 12.8 Å². The van der Waals surface area contributed by atoms with Gasteiger partial charge in [0.25, 0.3) is 0 Å². The quantitative estimate of drug-likeness (QED) is 0.358. The second-order valence-corrected chi connectivity index (χ2v) is 2.44. The van der Waals surface area contributed by atoms with E-state index in [2.05, 4.69) is 18.2 Å².